The smallest absolute Gasteiger partial charge is 0.223 e. The molecular formula is C44H64N6O2. The summed E-state index contributed by atoms with van der Waals surface area (Å²) in [6.07, 6.45) is 4.65. The normalized spacial score (nSPS) is 13.1. The topological polar surface area (TPSA) is 98.0 Å². The monoisotopic (exact) mass is 709 g/mol. The second-order valence-corrected chi connectivity index (χ2v) is 16.9. The number of imidazole rings is 2. The van der Waals surface area contributed by atoms with Crippen molar-refractivity contribution >= 4 is 11.8 Å². The van der Waals surface area contributed by atoms with Gasteiger partial charge in [0.05, 0.1) is 23.8 Å². The van der Waals surface area contributed by atoms with E-state index in [9.17, 15) is 9.59 Å². The van der Waals surface area contributed by atoms with E-state index in [2.05, 4.69) is 140 Å². The van der Waals surface area contributed by atoms with E-state index < -0.39 is 0 Å². The van der Waals surface area contributed by atoms with Gasteiger partial charge in [-0.1, -0.05) is 125 Å². The Labute approximate surface area is 313 Å². The number of nitrogens with zero attached hydrogens (tertiary/aromatic N) is 4. The summed E-state index contributed by atoms with van der Waals surface area (Å²) in [7, 11) is 0. The highest BCUT2D eigenvalue weighted by atomic mass is 16.2. The molecule has 0 saturated heterocycles. The largest absolute Gasteiger partial charge is 0.342 e. The third kappa shape index (κ3) is 11.4. The molecular weight excluding hydrogens is 645 g/mol. The molecule has 8 nitrogen and oxygen atoms in total. The zero-order valence-corrected chi connectivity index (χ0v) is 33.7. The van der Waals surface area contributed by atoms with Crippen LogP contribution in [-0.4, -0.2) is 67.7 Å². The summed E-state index contributed by atoms with van der Waals surface area (Å²) in [5.41, 5.74) is 6.26. The molecule has 2 heterocycles. The highest BCUT2D eigenvalue weighted by molar-refractivity contribution is 5.78. The number of H-pyrrole nitrogens is 2. The van der Waals surface area contributed by atoms with Crippen LogP contribution in [-0.2, 0) is 9.59 Å². The van der Waals surface area contributed by atoms with E-state index in [0.717, 1.165) is 71.5 Å². The van der Waals surface area contributed by atoms with Crippen LogP contribution >= 0.6 is 0 Å². The van der Waals surface area contributed by atoms with Crippen molar-refractivity contribution in [3.63, 3.8) is 0 Å². The number of amides is 2. The Bertz CT molecular complexity index is 1680. The van der Waals surface area contributed by atoms with E-state index >= 15 is 0 Å². The lowest BCUT2D eigenvalue weighted by molar-refractivity contribution is -0.133. The molecule has 4 rings (SSSR count). The number of aromatic amines is 2. The fourth-order valence-electron chi connectivity index (χ4n) is 6.86. The minimum atomic E-state index is 0.000332. The Morgan fingerprint density at radius 3 is 1.25 bits per heavy atom. The number of hydrogen-bond donors (Lipinski definition) is 2. The minimum absolute atomic E-state index is 0.000332. The number of carbonyl (C=O) groups is 2. The van der Waals surface area contributed by atoms with Gasteiger partial charge in [-0.3, -0.25) is 9.59 Å². The van der Waals surface area contributed by atoms with Gasteiger partial charge in [0.15, 0.2) is 0 Å². The first-order valence-corrected chi connectivity index (χ1v) is 19.5. The first kappa shape index (κ1) is 40.6. The maximum Gasteiger partial charge on any atom is 0.223 e. The predicted molar refractivity (Wildman–Crippen MR) is 215 cm³/mol. The van der Waals surface area contributed by atoms with Gasteiger partial charge >= 0.3 is 0 Å². The second-order valence-electron chi connectivity index (χ2n) is 16.9. The summed E-state index contributed by atoms with van der Waals surface area (Å²) in [5, 5.41) is 0. The zero-order chi connectivity index (χ0) is 38.1. The molecule has 2 N–H and O–H groups in total. The van der Waals surface area contributed by atoms with Crippen molar-refractivity contribution in [3.05, 3.63) is 72.6 Å². The molecule has 0 radical (unpaired) electrons. The van der Waals surface area contributed by atoms with Crippen molar-refractivity contribution in [1.29, 1.82) is 0 Å². The molecule has 0 bridgehead atoms. The lowest BCUT2D eigenvalue weighted by atomic mass is 9.91. The zero-order valence-electron chi connectivity index (χ0n) is 33.7. The molecule has 2 aromatic heterocycles. The number of nitrogens with one attached hydrogen (secondary N) is 2. The molecule has 0 spiro atoms. The van der Waals surface area contributed by atoms with Gasteiger partial charge in [0, 0.05) is 50.9 Å². The third-order valence-electron chi connectivity index (χ3n) is 9.46. The molecule has 8 heteroatoms. The number of aromatic nitrogens is 4. The van der Waals surface area contributed by atoms with Gasteiger partial charge in [0.25, 0.3) is 0 Å². The van der Waals surface area contributed by atoms with Crippen LogP contribution < -0.4 is 0 Å². The minimum Gasteiger partial charge on any atom is -0.342 e. The van der Waals surface area contributed by atoms with Crippen LogP contribution in [0.3, 0.4) is 0 Å². The summed E-state index contributed by atoms with van der Waals surface area (Å²) in [5.74, 6) is 4.13. The summed E-state index contributed by atoms with van der Waals surface area (Å²) >= 11 is 0. The first-order valence-electron chi connectivity index (χ1n) is 19.5. The van der Waals surface area contributed by atoms with Crippen molar-refractivity contribution < 1.29 is 9.59 Å². The number of hydrogen-bond acceptors (Lipinski definition) is 4. The Balaban J connectivity index is 1.40. The van der Waals surface area contributed by atoms with E-state index in [4.69, 9.17) is 4.98 Å². The molecule has 0 aliphatic carbocycles. The average molecular weight is 709 g/mol. The molecule has 0 unspecified atom stereocenters. The van der Waals surface area contributed by atoms with Crippen LogP contribution in [0.4, 0.5) is 0 Å². The van der Waals surface area contributed by atoms with Crippen LogP contribution in [0.5, 0.6) is 0 Å². The Morgan fingerprint density at radius 1 is 0.519 bits per heavy atom. The van der Waals surface area contributed by atoms with E-state index in [0.29, 0.717) is 36.5 Å². The molecule has 4 aromatic rings. The van der Waals surface area contributed by atoms with Gasteiger partial charge in [-0.15, -0.1) is 0 Å². The van der Waals surface area contributed by atoms with Crippen LogP contribution in [0.2, 0.25) is 0 Å². The Morgan fingerprint density at radius 2 is 0.865 bits per heavy atom. The highest BCUT2D eigenvalue weighted by Gasteiger charge is 2.27. The summed E-state index contributed by atoms with van der Waals surface area (Å²) in [6.45, 7) is 26.8. The number of carbonyl (C=O) groups excluding carboxylic acids is 2. The predicted octanol–water partition coefficient (Wildman–Crippen LogP) is 10.0. The Hall–Kier alpha value is -4.20. The third-order valence-corrected chi connectivity index (χ3v) is 9.46. The maximum absolute atomic E-state index is 13.5. The molecule has 2 atom stereocenters. The van der Waals surface area contributed by atoms with E-state index in [1.54, 1.807) is 0 Å². The highest BCUT2D eigenvalue weighted by Crippen LogP contribution is 2.31. The fraction of sp³-hybridized carbons (Fsp3) is 0.545. The number of rotatable bonds is 18. The van der Waals surface area contributed by atoms with Crippen molar-refractivity contribution in [2.24, 2.45) is 29.6 Å². The number of benzene rings is 2. The van der Waals surface area contributed by atoms with Crippen LogP contribution in [0.25, 0.3) is 33.6 Å². The standard InChI is InChI=1S/C44H64N6O2/c1-28(2)24-49(25-29(3)4)41(51)20-33(11)43-45-22-39(47-43)36-16-12-34(13-17-36)35-14-18-37(19-15-35)40-23-46-44(48-40)38(32(9)10)21-42(52)50(26-30(5)6)27-31(7)8/h12-19,22-23,28-33,38H,20-21,24-27H2,1-11H3,(H,45,47)(H,46,48)/t33-,38+/m1/s1. The lowest BCUT2D eigenvalue weighted by Gasteiger charge is -2.29. The van der Waals surface area contributed by atoms with E-state index in [1.165, 1.54) is 0 Å². The fourth-order valence-corrected chi connectivity index (χ4v) is 6.86. The molecule has 0 saturated carbocycles. The van der Waals surface area contributed by atoms with Gasteiger partial charge in [0.2, 0.25) is 11.8 Å². The molecule has 52 heavy (non-hydrogen) atoms. The van der Waals surface area contributed by atoms with Crippen molar-refractivity contribution in [2.45, 2.75) is 101 Å². The van der Waals surface area contributed by atoms with Gasteiger partial charge in [-0.05, 0) is 51.8 Å². The average Bonchev–Trinajstić information content (AvgIpc) is 3.77. The van der Waals surface area contributed by atoms with E-state index in [-0.39, 0.29) is 29.6 Å². The quantitative estimate of drug-likeness (QED) is 0.108. The molecule has 2 aromatic carbocycles. The first-order chi connectivity index (χ1) is 24.6. The van der Waals surface area contributed by atoms with Crippen molar-refractivity contribution in [3.8, 4) is 33.6 Å². The van der Waals surface area contributed by atoms with Crippen molar-refractivity contribution in [1.82, 2.24) is 29.7 Å². The summed E-state index contributed by atoms with van der Waals surface area (Å²) < 4.78 is 0. The van der Waals surface area contributed by atoms with Crippen LogP contribution in [0.15, 0.2) is 60.9 Å². The van der Waals surface area contributed by atoms with Gasteiger partial charge < -0.3 is 19.8 Å². The molecule has 0 aliphatic heterocycles. The molecule has 282 valence electrons. The molecule has 0 aliphatic rings. The van der Waals surface area contributed by atoms with E-state index in [1.807, 2.05) is 22.2 Å². The Kier molecular flexibility index (Phi) is 14.5. The van der Waals surface area contributed by atoms with Crippen molar-refractivity contribution in [2.75, 3.05) is 26.2 Å². The molecule has 0 fully saturated rings. The summed E-state index contributed by atoms with van der Waals surface area (Å²) in [4.78, 5) is 47.1. The molecule has 2 amide bonds. The van der Waals surface area contributed by atoms with Crippen LogP contribution in [0.1, 0.15) is 112 Å². The maximum atomic E-state index is 13.5. The second kappa shape index (κ2) is 18.5. The van der Waals surface area contributed by atoms with Gasteiger partial charge in [0.1, 0.15) is 11.6 Å². The SMILES string of the molecule is CC(C)CN(CC(C)C)C(=O)C[C@@H](C)c1ncc(-c2ccc(-c3ccc(-c4cnc([C@@H](CC(=O)N(CC(C)C)CC(C)C)C(C)C)[nH]4)cc3)cc2)[nH]1. The van der Waals surface area contributed by atoms with Gasteiger partial charge in [-0.2, -0.15) is 0 Å². The van der Waals surface area contributed by atoms with Gasteiger partial charge in [-0.25, -0.2) is 9.97 Å². The lowest BCUT2D eigenvalue weighted by Crippen LogP contribution is -2.38. The summed E-state index contributed by atoms with van der Waals surface area (Å²) in [6, 6.07) is 17.0. The van der Waals surface area contributed by atoms with Crippen LogP contribution in [0, 0.1) is 29.6 Å².